The summed E-state index contributed by atoms with van der Waals surface area (Å²) in [5.41, 5.74) is 10.1. The van der Waals surface area contributed by atoms with Crippen LogP contribution in [-0.2, 0) is 0 Å². The molecule has 9 rings (SSSR count). The molecule has 0 unspecified atom stereocenters. The largest absolute Gasteiger partial charge is 0.309 e. The first-order valence-corrected chi connectivity index (χ1v) is 14.8. The summed E-state index contributed by atoms with van der Waals surface area (Å²) in [5.74, 6) is 0.906. The van der Waals surface area contributed by atoms with Gasteiger partial charge in [-0.1, -0.05) is 84.9 Å². The van der Waals surface area contributed by atoms with E-state index in [1.54, 1.807) is 0 Å². The number of rotatable bonds is 4. The third kappa shape index (κ3) is 3.78. The van der Waals surface area contributed by atoms with Gasteiger partial charge in [0.2, 0.25) is 0 Å². The quantitative estimate of drug-likeness (QED) is 0.214. The third-order valence-corrected chi connectivity index (χ3v) is 8.63. The molecule has 5 aromatic carbocycles. The van der Waals surface area contributed by atoms with Gasteiger partial charge in [-0.2, -0.15) is 0 Å². The minimum absolute atomic E-state index is 0.906. The van der Waals surface area contributed by atoms with Crippen molar-refractivity contribution >= 4 is 43.6 Å². The smallest absolute Gasteiger partial charge is 0.137 e. The summed E-state index contributed by atoms with van der Waals surface area (Å²) < 4.78 is 4.67. The van der Waals surface area contributed by atoms with Crippen molar-refractivity contribution in [1.82, 2.24) is 19.1 Å². The molecule has 4 heteroatoms. The maximum absolute atomic E-state index is 4.75. The predicted octanol–water partition coefficient (Wildman–Crippen LogP) is 10.0. The van der Waals surface area contributed by atoms with Gasteiger partial charge in [0.05, 0.1) is 27.8 Å². The first-order chi connectivity index (χ1) is 21.8. The van der Waals surface area contributed by atoms with Crippen LogP contribution in [0.1, 0.15) is 0 Å². The van der Waals surface area contributed by atoms with Crippen LogP contribution in [0.4, 0.5) is 0 Å². The van der Waals surface area contributed by atoms with Gasteiger partial charge in [0, 0.05) is 45.2 Å². The Kier molecular flexibility index (Phi) is 5.47. The number of nitrogens with zero attached hydrogens (tertiary/aromatic N) is 4. The Labute approximate surface area is 254 Å². The summed E-state index contributed by atoms with van der Waals surface area (Å²) in [5, 5.41) is 4.85. The lowest BCUT2D eigenvalue weighted by Gasteiger charge is -2.11. The van der Waals surface area contributed by atoms with Gasteiger partial charge in [-0.05, 0) is 71.8 Å². The van der Waals surface area contributed by atoms with Crippen molar-refractivity contribution in [3.05, 3.63) is 158 Å². The van der Waals surface area contributed by atoms with Crippen molar-refractivity contribution in [3.63, 3.8) is 0 Å². The maximum atomic E-state index is 4.75. The molecule has 0 fully saturated rings. The third-order valence-electron chi connectivity index (χ3n) is 8.63. The maximum Gasteiger partial charge on any atom is 0.137 e. The van der Waals surface area contributed by atoms with Crippen molar-refractivity contribution < 1.29 is 0 Å². The lowest BCUT2D eigenvalue weighted by molar-refractivity contribution is 1.08. The highest BCUT2D eigenvalue weighted by molar-refractivity contribution is 6.13. The van der Waals surface area contributed by atoms with Crippen LogP contribution in [0, 0.1) is 0 Å². The topological polar surface area (TPSA) is 35.6 Å². The molecule has 4 nitrogen and oxygen atoms in total. The van der Waals surface area contributed by atoms with Gasteiger partial charge in [0.15, 0.2) is 0 Å². The predicted molar refractivity (Wildman–Crippen MR) is 182 cm³/mol. The fourth-order valence-electron chi connectivity index (χ4n) is 6.63. The zero-order valence-electron chi connectivity index (χ0n) is 23.8. The fraction of sp³-hybridized carbons (Fsp3) is 0. The van der Waals surface area contributed by atoms with Crippen LogP contribution in [-0.4, -0.2) is 19.1 Å². The summed E-state index contributed by atoms with van der Waals surface area (Å²) >= 11 is 0. The van der Waals surface area contributed by atoms with E-state index >= 15 is 0 Å². The number of aromatic nitrogens is 4. The zero-order valence-corrected chi connectivity index (χ0v) is 23.8. The Morgan fingerprint density at radius 1 is 0.364 bits per heavy atom. The molecular formula is C40H26N4. The second kappa shape index (κ2) is 9.79. The SMILES string of the molecule is c1ccc(-c2ccc3c(c2)c2ccc(-c4ccccn4)cc2n3-c2ccc3c4ccccc4n(-c4ccccn4)c3c2)cc1. The zero-order chi connectivity index (χ0) is 29.0. The molecule has 4 aromatic heterocycles. The molecule has 4 heterocycles. The van der Waals surface area contributed by atoms with Crippen molar-refractivity contribution in [1.29, 1.82) is 0 Å². The lowest BCUT2D eigenvalue weighted by Crippen LogP contribution is -1.98. The van der Waals surface area contributed by atoms with Crippen molar-refractivity contribution in [2.75, 3.05) is 0 Å². The molecule has 9 aromatic rings. The van der Waals surface area contributed by atoms with Gasteiger partial charge < -0.3 is 4.57 Å². The number of hydrogen-bond acceptors (Lipinski definition) is 2. The highest BCUT2D eigenvalue weighted by Crippen LogP contribution is 2.39. The van der Waals surface area contributed by atoms with Crippen LogP contribution in [0.15, 0.2) is 158 Å². The average Bonchev–Trinajstić information content (AvgIpc) is 3.61. The van der Waals surface area contributed by atoms with Gasteiger partial charge in [-0.3, -0.25) is 9.55 Å². The first kappa shape index (κ1) is 24.6. The number of fused-ring (bicyclic) bond motifs is 6. The Hall–Kier alpha value is -6.00. The van der Waals surface area contributed by atoms with Crippen LogP contribution in [0.25, 0.3) is 77.5 Å². The van der Waals surface area contributed by atoms with Crippen LogP contribution < -0.4 is 0 Å². The second-order valence-corrected chi connectivity index (χ2v) is 11.1. The van der Waals surface area contributed by atoms with E-state index in [4.69, 9.17) is 4.98 Å². The molecular weight excluding hydrogens is 536 g/mol. The molecule has 0 saturated carbocycles. The monoisotopic (exact) mass is 562 g/mol. The Morgan fingerprint density at radius 3 is 1.89 bits per heavy atom. The summed E-state index contributed by atoms with van der Waals surface area (Å²) in [6.45, 7) is 0. The molecule has 0 spiro atoms. The fourth-order valence-corrected chi connectivity index (χ4v) is 6.63. The molecule has 0 saturated heterocycles. The molecule has 0 aliphatic rings. The van der Waals surface area contributed by atoms with E-state index in [1.807, 2.05) is 36.7 Å². The number of hydrogen-bond donors (Lipinski definition) is 0. The van der Waals surface area contributed by atoms with E-state index in [0.717, 1.165) is 44.8 Å². The Bertz CT molecular complexity index is 2470. The normalized spacial score (nSPS) is 11.6. The highest BCUT2D eigenvalue weighted by Gasteiger charge is 2.18. The molecule has 0 aliphatic heterocycles. The molecule has 0 aliphatic carbocycles. The Morgan fingerprint density at radius 2 is 1.05 bits per heavy atom. The van der Waals surface area contributed by atoms with E-state index in [9.17, 15) is 0 Å². The van der Waals surface area contributed by atoms with Crippen LogP contribution >= 0.6 is 0 Å². The standard InChI is InChI=1S/C40H26N4/c1-2-10-27(11-3-1)28-17-21-37-34(24-28)33-19-16-29(35-13-6-8-22-41-35)25-38(33)43(37)30-18-20-32-31-12-4-5-14-36(31)44(39(32)26-30)40-15-7-9-23-42-40/h1-26H. The van der Waals surface area contributed by atoms with Gasteiger partial charge in [0.1, 0.15) is 5.82 Å². The van der Waals surface area contributed by atoms with Crippen LogP contribution in [0.5, 0.6) is 0 Å². The summed E-state index contributed by atoms with van der Waals surface area (Å²) in [6, 6.07) is 51.6. The molecule has 0 N–H and O–H groups in total. The first-order valence-electron chi connectivity index (χ1n) is 14.8. The molecule has 206 valence electrons. The van der Waals surface area contributed by atoms with E-state index < -0.39 is 0 Å². The summed E-state index contributed by atoms with van der Waals surface area (Å²) in [4.78, 5) is 9.40. The van der Waals surface area contributed by atoms with Crippen molar-refractivity contribution in [2.45, 2.75) is 0 Å². The molecule has 0 radical (unpaired) electrons. The van der Waals surface area contributed by atoms with Gasteiger partial charge in [0.25, 0.3) is 0 Å². The van der Waals surface area contributed by atoms with Crippen molar-refractivity contribution in [3.8, 4) is 33.9 Å². The number of pyridine rings is 2. The van der Waals surface area contributed by atoms with E-state index in [1.165, 1.54) is 32.7 Å². The summed E-state index contributed by atoms with van der Waals surface area (Å²) in [6.07, 6.45) is 3.71. The molecule has 0 atom stereocenters. The Balaban J connectivity index is 1.36. The molecule has 44 heavy (non-hydrogen) atoms. The lowest BCUT2D eigenvalue weighted by atomic mass is 10.0. The minimum Gasteiger partial charge on any atom is -0.309 e. The van der Waals surface area contributed by atoms with E-state index in [0.29, 0.717) is 0 Å². The van der Waals surface area contributed by atoms with Gasteiger partial charge in [-0.15, -0.1) is 0 Å². The second-order valence-electron chi connectivity index (χ2n) is 11.1. The van der Waals surface area contributed by atoms with Crippen LogP contribution in [0.3, 0.4) is 0 Å². The minimum atomic E-state index is 0.906. The number of benzene rings is 5. The number of para-hydroxylation sites is 1. The van der Waals surface area contributed by atoms with Crippen LogP contribution in [0.2, 0.25) is 0 Å². The molecule has 0 bridgehead atoms. The van der Waals surface area contributed by atoms with Gasteiger partial charge >= 0.3 is 0 Å². The highest BCUT2D eigenvalue weighted by atomic mass is 15.1. The van der Waals surface area contributed by atoms with Gasteiger partial charge in [-0.25, -0.2) is 4.98 Å². The van der Waals surface area contributed by atoms with E-state index in [2.05, 4.69) is 135 Å². The van der Waals surface area contributed by atoms with E-state index in [-0.39, 0.29) is 0 Å². The average molecular weight is 563 g/mol. The molecule has 0 amide bonds. The van der Waals surface area contributed by atoms with Crippen molar-refractivity contribution in [2.24, 2.45) is 0 Å². The summed E-state index contributed by atoms with van der Waals surface area (Å²) in [7, 11) is 0.